The molecule has 0 aliphatic heterocycles. The van der Waals surface area contributed by atoms with Crippen molar-refractivity contribution in [2.24, 2.45) is 5.73 Å². The van der Waals surface area contributed by atoms with Gasteiger partial charge >= 0.3 is 5.97 Å². The summed E-state index contributed by atoms with van der Waals surface area (Å²) in [6.07, 6.45) is 1.26. The molecule has 0 radical (unpaired) electrons. The Bertz CT molecular complexity index is 379. The number of aromatic nitrogens is 1. The summed E-state index contributed by atoms with van der Waals surface area (Å²) >= 11 is 0. The van der Waals surface area contributed by atoms with Crippen LogP contribution in [0.1, 0.15) is 11.7 Å². The van der Waals surface area contributed by atoms with Gasteiger partial charge in [0.1, 0.15) is 5.69 Å². The van der Waals surface area contributed by atoms with E-state index in [9.17, 15) is 14.9 Å². The van der Waals surface area contributed by atoms with Gasteiger partial charge in [-0.25, -0.2) is 0 Å². The molecule has 74 valence electrons. The Morgan fingerprint density at radius 1 is 1.71 bits per heavy atom. The third-order valence-corrected chi connectivity index (χ3v) is 1.57. The minimum Gasteiger partial charge on any atom is -0.480 e. The molecule has 7 heteroatoms. The van der Waals surface area contributed by atoms with E-state index in [1.165, 1.54) is 12.3 Å². The zero-order chi connectivity index (χ0) is 10.7. The Morgan fingerprint density at radius 3 is 2.86 bits per heavy atom. The molecule has 1 atom stereocenters. The highest BCUT2D eigenvalue weighted by atomic mass is 16.6. The standard InChI is InChI=1S/C7H7N3O4/c8-5(7(11)12)6-4(10(13)14)2-1-3-9-6/h1-3,5H,8H2,(H,11,12)/t5-/m0/s1. The van der Waals surface area contributed by atoms with E-state index in [0.29, 0.717) is 0 Å². The van der Waals surface area contributed by atoms with Gasteiger partial charge in [-0.1, -0.05) is 0 Å². The second-order valence-electron chi connectivity index (χ2n) is 2.48. The van der Waals surface area contributed by atoms with E-state index in [2.05, 4.69) is 4.98 Å². The number of rotatable bonds is 3. The lowest BCUT2D eigenvalue weighted by Gasteiger charge is -2.04. The number of pyridine rings is 1. The zero-order valence-corrected chi connectivity index (χ0v) is 6.95. The van der Waals surface area contributed by atoms with Crippen LogP contribution >= 0.6 is 0 Å². The molecule has 0 saturated carbocycles. The van der Waals surface area contributed by atoms with Crippen LogP contribution in [0.25, 0.3) is 0 Å². The zero-order valence-electron chi connectivity index (χ0n) is 6.95. The maximum atomic E-state index is 10.5. The number of aliphatic carboxylic acids is 1. The molecule has 0 amide bonds. The molecule has 1 aromatic rings. The van der Waals surface area contributed by atoms with Crippen molar-refractivity contribution in [2.75, 3.05) is 0 Å². The Hall–Kier alpha value is -2.02. The molecule has 0 unspecified atom stereocenters. The van der Waals surface area contributed by atoms with Crippen LogP contribution < -0.4 is 5.73 Å². The topological polar surface area (TPSA) is 119 Å². The van der Waals surface area contributed by atoms with E-state index in [-0.39, 0.29) is 11.4 Å². The van der Waals surface area contributed by atoms with E-state index in [4.69, 9.17) is 10.8 Å². The van der Waals surface area contributed by atoms with Crippen molar-refractivity contribution in [3.05, 3.63) is 34.1 Å². The van der Waals surface area contributed by atoms with Crippen LogP contribution in [0.15, 0.2) is 18.3 Å². The van der Waals surface area contributed by atoms with Crippen molar-refractivity contribution in [1.29, 1.82) is 0 Å². The summed E-state index contributed by atoms with van der Waals surface area (Å²) in [5, 5.41) is 19.0. The molecule has 7 nitrogen and oxygen atoms in total. The van der Waals surface area contributed by atoms with Crippen molar-refractivity contribution in [1.82, 2.24) is 4.98 Å². The van der Waals surface area contributed by atoms with Crippen LogP contribution in [0.2, 0.25) is 0 Å². The van der Waals surface area contributed by atoms with E-state index in [0.717, 1.165) is 6.07 Å². The van der Waals surface area contributed by atoms with Gasteiger partial charge in [-0.3, -0.25) is 19.9 Å². The summed E-state index contributed by atoms with van der Waals surface area (Å²) in [7, 11) is 0. The van der Waals surface area contributed by atoms with E-state index >= 15 is 0 Å². The van der Waals surface area contributed by atoms with Crippen molar-refractivity contribution < 1.29 is 14.8 Å². The molecule has 0 bridgehead atoms. The third kappa shape index (κ3) is 1.83. The molecule has 0 aromatic carbocycles. The molecule has 1 aromatic heterocycles. The molecule has 0 aliphatic carbocycles. The van der Waals surface area contributed by atoms with Gasteiger partial charge < -0.3 is 10.8 Å². The lowest BCUT2D eigenvalue weighted by molar-refractivity contribution is -0.386. The normalized spacial score (nSPS) is 12.1. The molecule has 1 rings (SSSR count). The Labute approximate surface area is 78.3 Å². The SMILES string of the molecule is N[C@H](C(=O)O)c1ncccc1[N+](=O)[O-]. The van der Waals surface area contributed by atoms with Crippen LogP contribution in [-0.4, -0.2) is 21.0 Å². The summed E-state index contributed by atoms with van der Waals surface area (Å²) in [6, 6.07) is 1.03. The first-order chi connectivity index (χ1) is 6.54. The lowest BCUT2D eigenvalue weighted by Crippen LogP contribution is -2.22. The predicted octanol–water partition coefficient (Wildman–Crippen LogP) is 0.0742. The number of nitrogens with zero attached hydrogens (tertiary/aromatic N) is 2. The number of hydrogen-bond donors (Lipinski definition) is 2. The lowest BCUT2D eigenvalue weighted by atomic mass is 10.2. The second kappa shape index (κ2) is 3.79. The monoisotopic (exact) mass is 197 g/mol. The third-order valence-electron chi connectivity index (χ3n) is 1.57. The summed E-state index contributed by atoms with van der Waals surface area (Å²) in [6.45, 7) is 0. The average Bonchev–Trinajstić information content (AvgIpc) is 2.16. The van der Waals surface area contributed by atoms with Crippen molar-refractivity contribution in [3.8, 4) is 0 Å². The number of carboxylic acids is 1. The highest BCUT2D eigenvalue weighted by molar-refractivity contribution is 5.76. The quantitative estimate of drug-likeness (QED) is 0.522. The smallest absolute Gasteiger partial charge is 0.327 e. The fourth-order valence-electron chi connectivity index (χ4n) is 0.920. The molecule has 14 heavy (non-hydrogen) atoms. The van der Waals surface area contributed by atoms with Crippen LogP contribution in [0.5, 0.6) is 0 Å². The molecule has 0 spiro atoms. The molecule has 0 fully saturated rings. The van der Waals surface area contributed by atoms with Gasteiger partial charge in [-0.05, 0) is 6.07 Å². The Kier molecular flexibility index (Phi) is 2.73. The first-order valence-corrected chi connectivity index (χ1v) is 3.61. The Morgan fingerprint density at radius 2 is 2.36 bits per heavy atom. The first-order valence-electron chi connectivity index (χ1n) is 3.61. The maximum absolute atomic E-state index is 10.5. The average molecular weight is 197 g/mol. The number of carboxylic acid groups (broad SMARTS) is 1. The number of hydrogen-bond acceptors (Lipinski definition) is 5. The van der Waals surface area contributed by atoms with E-state index < -0.39 is 16.9 Å². The van der Waals surface area contributed by atoms with Gasteiger partial charge in [0.25, 0.3) is 5.69 Å². The number of nitro groups is 1. The van der Waals surface area contributed by atoms with E-state index in [1.807, 2.05) is 0 Å². The summed E-state index contributed by atoms with van der Waals surface area (Å²) < 4.78 is 0. The minimum absolute atomic E-state index is 0.245. The first kappa shape index (κ1) is 10.1. The van der Waals surface area contributed by atoms with Gasteiger partial charge in [0, 0.05) is 12.3 Å². The molecule has 3 N–H and O–H groups in total. The fraction of sp³-hybridized carbons (Fsp3) is 0.143. The van der Waals surface area contributed by atoms with Gasteiger partial charge in [0.2, 0.25) is 0 Å². The molecule has 0 saturated heterocycles. The van der Waals surface area contributed by atoms with Crippen LogP contribution in [-0.2, 0) is 4.79 Å². The van der Waals surface area contributed by atoms with Crippen molar-refractivity contribution in [3.63, 3.8) is 0 Å². The van der Waals surface area contributed by atoms with Crippen molar-refractivity contribution in [2.45, 2.75) is 6.04 Å². The largest absolute Gasteiger partial charge is 0.480 e. The highest BCUT2D eigenvalue weighted by Gasteiger charge is 2.25. The van der Waals surface area contributed by atoms with Crippen LogP contribution in [0.4, 0.5) is 5.69 Å². The van der Waals surface area contributed by atoms with Crippen LogP contribution in [0.3, 0.4) is 0 Å². The molecular formula is C7H7N3O4. The van der Waals surface area contributed by atoms with Gasteiger partial charge in [0.15, 0.2) is 6.04 Å². The molecular weight excluding hydrogens is 190 g/mol. The molecule has 1 heterocycles. The summed E-state index contributed by atoms with van der Waals surface area (Å²) in [5.74, 6) is -1.35. The van der Waals surface area contributed by atoms with Crippen molar-refractivity contribution >= 4 is 11.7 Å². The second-order valence-corrected chi connectivity index (χ2v) is 2.48. The number of carbonyl (C=O) groups is 1. The highest BCUT2D eigenvalue weighted by Crippen LogP contribution is 2.20. The summed E-state index contributed by atoms with van der Waals surface area (Å²) in [5.41, 5.74) is 4.58. The predicted molar refractivity (Wildman–Crippen MR) is 45.5 cm³/mol. The fourth-order valence-corrected chi connectivity index (χ4v) is 0.920. The minimum atomic E-state index is -1.48. The summed E-state index contributed by atoms with van der Waals surface area (Å²) in [4.78, 5) is 23.8. The van der Waals surface area contributed by atoms with E-state index in [1.54, 1.807) is 0 Å². The van der Waals surface area contributed by atoms with Gasteiger partial charge in [-0.15, -0.1) is 0 Å². The van der Waals surface area contributed by atoms with Gasteiger partial charge in [0.05, 0.1) is 4.92 Å². The van der Waals surface area contributed by atoms with Crippen LogP contribution in [0, 0.1) is 10.1 Å². The van der Waals surface area contributed by atoms with Gasteiger partial charge in [-0.2, -0.15) is 0 Å². The molecule has 0 aliphatic rings. The Balaban J connectivity index is 3.19. The number of nitrogens with two attached hydrogens (primary N) is 1. The maximum Gasteiger partial charge on any atom is 0.327 e.